The number of benzene rings is 1. The second-order valence-corrected chi connectivity index (χ2v) is 5.89. The van der Waals surface area contributed by atoms with Crippen LogP contribution in [-0.2, 0) is 11.2 Å². The second-order valence-electron chi connectivity index (χ2n) is 4.66. The van der Waals surface area contributed by atoms with Crippen molar-refractivity contribution < 1.29 is 17.9 Å². The first kappa shape index (κ1) is 17.8. The number of hydrogen-bond donors (Lipinski definition) is 0. The lowest BCUT2D eigenvalue weighted by molar-refractivity contribution is -0.174. The molecule has 0 N–H and O–H groups in total. The van der Waals surface area contributed by atoms with E-state index in [4.69, 9.17) is 11.6 Å². The van der Waals surface area contributed by atoms with Crippen LogP contribution in [0.5, 0.6) is 0 Å². The van der Waals surface area contributed by atoms with Crippen LogP contribution >= 0.6 is 27.5 Å². The molecule has 1 unspecified atom stereocenters. The summed E-state index contributed by atoms with van der Waals surface area (Å²) < 4.78 is 41.2. The molecule has 0 aliphatic carbocycles. The van der Waals surface area contributed by atoms with Crippen LogP contribution in [0.3, 0.4) is 0 Å². The highest BCUT2D eigenvalue weighted by Crippen LogP contribution is 2.20. The molecule has 1 rings (SSSR count). The predicted molar refractivity (Wildman–Crippen MR) is 78.2 cm³/mol. The van der Waals surface area contributed by atoms with Crippen LogP contribution in [0.4, 0.5) is 13.2 Å². The zero-order chi connectivity index (χ0) is 15.0. The van der Waals surface area contributed by atoms with Gasteiger partial charge in [0, 0.05) is 17.0 Å². The van der Waals surface area contributed by atoms with Crippen LogP contribution in [0.2, 0.25) is 0 Å². The van der Waals surface area contributed by atoms with Gasteiger partial charge in [-0.05, 0) is 42.9 Å². The highest BCUT2D eigenvalue weighted by atomic mass is 79.9. The van der Waals surface area contributed by atoms with Gasteiger partial charge in [-0.15, -0.1) is 11.6 Å². The molecule has 1 atom stereocenters. The van der Waals surface area contributed by atoms with Gasteiger partial charge in [-0.3, -0.25) is 0 Å². The van der Waals surface area contributed by atoms with Gasteiger partial charge in [-0.1, -0.05) is 28.1 Å². The molecule has 0 aliphatic rings. The summed E-state index contributed by atoms with van der Waals surface area (Å²) in [5.74, 6) is 0.742. The van der Waals surface area contributed by atoms with Gasteiger partial charge in [0.2, 0.25) is 0 Å². The Morgan fingerprint density at radius 3 is 2.65 bits per heavy atom. The Labute approximate surface area is 130 Å². The minimum atomic E-state index is -4.25. The Bertz CT molecular complexity index is 398. The van der Waals surface area contributed by atoms with Gasteiger partial charge in [-0.2, -0.15) is 13.2 Å². The first-order valence-corrected chi connectivity index (χ1v) is 7.68. The van der Waals surface area contributed by atoms with E-state index in [0.717, 1.165) is 17.3 Å². The van der Waals surface area contributed by atoms with Crippen molar-refractivity contribution in [3.05, 3.63) is 34.3 Å². The molecule has 114 valence electrons. The fourth-order valence-electron chi connectivity index (χ4n) is 1.89. The van der Waals surface area contributed by atoms with E-state index < -0.39 is 12.8 Å². The SMILES string of the molecule is FC(F)(F)COCCCC(CCl)Cc1cccc(Br)c1. The molecule has 1 aromatic carbocycles. The van der Waals surface area contributed by atoms with E-state index in [1.54, 1.807) is 0 Å². The number of halogens is 5. The average Bonchev–Trinajstić information content (AvgIpc) is 2.35. The molecule has 1 nitrogen and oxygen atoms in total. The van der Waals surface area contributed by atoms with Gasteiger partial charge < -0.3 is 4.74 Å². The Morgan fingerprint density at radius 2 is 2.05 bits per heavy atom. The second kappa shape index (κ2) is 8.90. The monoisotopic (exact) mass is 372 g/mol. The minimum Gasteiger partial charge on any atom is -0.372 e. The summed E-state index contributed by atoms with van der Waals surface area (Å²) >= 11 is 9.32. The van der Waals surface area contributed by atoms with E-state index in [0.29, 0.717) is 12.3 Å². The third kappa shape index (κ3) is 8.12. The summed E-state index contributed by atoms with van der Waals surface area (Å²) in [6.45, 7) is -1.06. The summed E-state index contributed by atoms with van der Waals surface area (Å²) in [6, 6.07) is 7.95. The molecule has 0 saturated carbocycles. The molecule has 0 fully saturated rings. The normalized spacial score (nSPS) is 13.4. The molecular weight excluding hydrogens is 357 g/mol. The summed E-state index contributed by atoms with van der Waals surface area (Å²) in [4.78, 5) is 0. The van der Waals surface area contributed by atoms with Crippen molar-refractivity contribution in [2.75, 3.05) is 19.1 Å². The van der Waals surface area contributed by atoms with Crippen molar-refractivity contribution in [1.82, 2.24) is 0 Å². The zero-order valence-corrected chi connectivity index (χ0v) is 13.3. The van der Waals surface area contributed by atoms with Gasteiger partial charge in [0.05, 0.1) is 0 Å². The van der Waals surface area contributed by atoms with Crippen molar-refractivity contribution in [2.45, 2.75) is 25.4 Å². The first-order valence-electron chi connectivity index (χ1n) is 6.35. The van der Waals surface area contributed by atoms with Gasteiger partial charge in [0.25, 0.3) is 0 Å². The highest BCUT2D eigenvalue weighted by molar-refractivity contribution is 9.10. The topological polar surface area (TPSA) is 9.23 Å². The van der Waals surface area contributed by atoms with Crippen molar-refractivity contribution >= 4 is 27.5 Å². The fourth-order valence-corrected chi connectivity index (χ4v) is 2.60. The lowest BCUT2D eigenvalue weighted by Crippen LogP contribution is -2.17. The largest absolute Gasteiger partial charge is 0.411 e. The number of rotatable bonds is 8. The molecule has 0 aromatic heterocycles. The van der Waals surface area contributed by atoms with Crippen molar-refractivity contribution in [3.8, 4) is 0 Å². The fraction of sp³-hybridized carbons (Fsp3) is 0.571. The first-order chi connectivity index (χ1) is 9.40. The Balaban J connectivity index is 2.26. The predicted octanol–water partition coefficient (Wildman–Crippen LogP) is 5.21. The molecule has 0 aliphatic heterocycles. The molecule has 0 bridgehead atoms. The van der Waals surface area contributed by atoms with E-state index in [1.165, 1.54) is 5.56 Å². The standard InChI is InChI=1S/C14H17BrClF3O/c15-13-5-1-3-11(8-13)7-12(9-16)4-2-6-20-10-14(17,18)19/h1,3,5,8,12H,2,4,6-7,9-10H2. The van der Waals surface area contributed by atoms with Crippen LogP contribution in [0, 0.1) is 5.92 Å². The van der Waals surface area contributed by atoms with E-state index in [9.17, 15) is 13.2 Å². The van der Waals surface area contributed by atoms with E-state index >= 15 is 0 Å². The van der Waals surface area contributed by atoms with Crippen LogP contribution in [0.15, 0.2) is 28.7 Å². The Kier molecular flexibility index (Phi) is 7.92. The zero-order valence-electron chi connectivity index (χ0n) is 10.9. The van der Waals surface area contributed by atoms with Gasteiger partial charge >= 0.3 is 6.18 Å². The van der Waals surface area contributed by atoms with Crippen molar-refractivity contribution in [2.24, 2.45) is 5.92 Å². The van der Waals surface area contributed by atoms with E-state index in [1.807, 2.05) is 24.3 Å². The third-order valence-electron chi connectivity index (χ3n) is 2.80. The smallest absolute Gasteiger partial charge is 0.372 e. The summed E-state index contributed by atoms with van der Waals surface area (Å²) in [5.41, 5.74) is 1.17. The molecule has 6 heteroatoms. The molecule has 0 spiro atoms. The van der Waals surface area contributed by atoms with Crippen LogP contribution in [0.25, 0.3) is 0 Å². The molecule has 0 amide bonds. The van der Waals surface area contributed by atoms with Crippen molar-refractivity contribution in [1.29, 1.82) is 0 Å². The van der Waals surface area contributed by atoms with E-state index in [-0.39, 0.29) is 12.5 Å². The lowest BCUT2D eigenvalue weighted by atomic mass is 9.97. The maximum Gasteiger partial charge on any atom is 0.411 e. The maximum absolute atomic E-state index is 11.9. The number of alkyl halides is 4. The van der Waals surface area contributed by atoms with Crippen LogP contribution in [0.1, 0.15) is 18.4 Å². The molecule has 1 aromatic rings. The van der Waals surface area contributed by atoms with E-state index in [2.05, 4.69) is 20.7 Å². The molecule has 20 heavy (non-hydrogen) atoms. The average molecular weight is 374 g/mol. The molecule has 0 heterocycles. The summed E-state index contributed by atoms with van der Waals surface area (Å²) in [7, 11) is 0. The highest BCUT2D eigenvalue weighted by Gasteiger charge is 2.27. The van der Waals surface area contributed by atoms with Crippen LogP contribution in [-0.4, -0.2) is 25.3 Å². The molecular formula is C14H17BrClF3O. The summed E-state index contributed by atoms with van der Waals surface area (Å²) in [5, 5.41) is 0. The van der Waals surface area contributed by atoms with Gasteiger partial charge in [0.1, 0.15) is 6.61 Å². The maximum atomic E-state index is 11.9. The molecule has 0 saturated heterocycles. The number of hydrogen-bond acceptors (Lipinski definition) is 1. The minimum absolute atomic E-state index is 0.116. The quantitative estimate of drug-likeness (QED) is 0.449. The Hall–Kier alpha value is -0.260. The summed E-state index contributed by atoms with van der Waals surface area (Å²) in [6.07, 6.45) is -2.08. The molecule has 0 radical (unpaired) electrons. The number of ether oxygens (including phenoxy) is 1. The Morgan fingerprint density at radius 1 is 1.30 bits per heavy atom. The van der Waals surface area contributed by atoms with Gasteiger partial charge in [0.15, 0.2) is 0 Å². The van der Waals surface area contributed by atoms with Gasteiger partial charge in [-0.25, -0.2) is 0 Å². The lowest BCUT2D eigenvalue weighted by Gasteiger charge is -2.14. The third-order valence-corrected chi connectivity index (χ3v) is 3.73. The van der Waals surface area contributed by atoms with Crippen molar-refractivity contribution in [3.63, 3.8) is 0 Å². The van der Waals surface area contributed by atoms with Crippen LogP contribution < -0.4 is 0 Å².